The van der Waals surface area contributed by atoms with Gasteiger partial charge in [-0.3, -0.25) is 9.59 Å². The summed E-state index contributed by atoms with van der Waals surface area (Å²) in [4.78, 5) is 34.7. The van der Waals surface area contributed by atoms with Crippen molar-refractivity contribution >= 4 is 17.5 Å². The zero-order valence-corrected chi connectivity index (χ0v) is 17.7. The maximum absolute atomic E-state index is 13.5. The number of imidazole rings is 1. The summed E-state index contributed by atoms with van der Waals surface area (Å²) in [6.07, 6.45) is 7.16. The van der Waals surface area contributed by atoms with Crippen LogP contribution in [0.4, 0.5) is 5.69 Å². The van der Waals surface area contributed by atoms with Crippen LogP contribution < -0.4 is 4.90 Å². The largest absolute Gasteiger partial charge is 0.360 e. The number of carbonyl (C=O) groups is 2. The lowest BCUT2D eigenvalue weighted by Gasteiger charge is -2.27. The highest BCUT2D eigenvalue weighted by atomic mass is 16.5. The molecule has 0 N–H and O–H groups in total. The molecule has 2 saturated heterocycles. The molecular weight excluding hydrogens is 380 g/mol. The minimum absolute atomic E-state index is 0.0335. The van der Waals surface area contributed by atoms with Gasteiger partial charge >= 0.3 is 0 Å². The van der Waals surface area contributed by atoms with Crippen LogP contribution in [0.1, 0.15) is 17.0 Å². The molecule has 2 fully saturated rings. The van der Waals surface area contributed by atoms with Crippen molar-refractivity contribution in [2.75, 3.05) is 18.5 Å². The number of carbonyl (C=O) groups excluding carboxylic acids is 2. The van der Waals surface area contributed by atoms with E-state index in [2.05, 4.69) is 11.9 Å². The Kier molecular flexibility index (Phi) is 4.15. The summed E-state index contributed by atoms with van der Waals surface area (Å²) in [6, 6.07) is 6.03. The van der Waals surface area contributed by atoms with Crippen molar-refractivity contribution < 1.29 is 14.3 Å². The van der Waals surface area contributed by atoms with E-state index in [0.29, 0.717) is 13.1 Å². The Bertz CT molecular complexity index is 1070. The van der Waals surface area contributed by atoms with E-state index >= 15 is 0 Å². The van der Waals surface area contributed by atoms with E-state index in [1.54, 1.807) is 23.0 Å². The molecule has 3 aliphatic heterocycles. The van der Waals surface area contributed by atoms with Crippen LogP contribution in [-0.2, 0) is 27.9 Å². The summed E-state index contributed by atoms with van der Waals surface area (Å²) in [7, 11) is 3.67. The van der Waals surface area contributed by atoms with Gasteiger partial charge in [0.2, 0.25) is 11.8 Å². The number of anilines is 1. The smallest absolute Gasteiger partial charge is 0.234 e. The zero-order chi connectivity index (χ0) is 21.2. The second-order valence-corrected chi connectivity index (χ2v) is 8.74. The number of aromatic nitrogens is 2. The zero-order valence-electron chi connectivity index (χ0n) is 17.7. The molecule has 156 valence electrons. The summed E-state index contributed by atoms with van der Waals surface area (Å²) in [5, 5.41) is 0. The lowest BCUT2D eigenvalue weighted by Crippen LogP contribution is -2.44. The SMILES string of the molecule is Cc1ccc(N2C[C@]34C=C[C@H](O3)[C@H](C(=O)N(C)Cc3nccn3C)[C@@H]4C2=O)cc1C. The van der Waals surface area contributed by atoms with Gasteiger partial charge in [0.1, 0.15) is 11.4 Å². The second-order valence-electron chi connectivity index (χ2n) is 8.74. The number of rotatable bonds is 4. The van der Waals surface area contributed by atoms with Crippen molar-refractivity contribution in [2.45, 2.75) is 32.1 Å². The van der Waals surface area contributed by atoms with E-state index in [0.717, 1.165) is 17.1 Å². The number of aryl methyl sites for hydroxylation is 3. The molecular formula is C23H26N4O3. The van der Waals surface area contributed by atoms with Crippen molar-refractivity contribution in [3.8, 4) is 0 Å². The van der Waals surface area contributed by atoms with Crippen LogP contribution in [0.25, 0.3) is 0 Å². The monoisotopic (exact) mass is 406 g/mol. The highest BCUT2D eigenvalue weighted by Gasteiger charge is 2.67. The summed E-state index contributed by atoms with van der Waals surface area (Å²) < 4.78 is 8.15. The molecule has 30 heavy (non-hydrogen) atoms. The van der Waals surface area contributed by atoms with Crippen LogP contribution in [0.3, 0.4) is 0 Å². The quantitative estimate of drug-likeness (QED) is 0.729. The van der Waals surface area contributed by atoms with Crippen molar-refractivity contribution in [1.82, 2.24) is 14.5 Å². The number of hydrogen-bond acceptors (Lipinski definition) is 4. The Hall–Kier alpha value is -2.93. The van der Waals surface area contributed by atoms with Gasteiger partial charge in [-0.2, -0.15) is 0 Å². The van der Waals surface area contributed by atoms with E-state index in [1.165, 1.54) is 5.56 Å². The average Bonchev–Trinajstić information content (AvgIpc) is 3.46. The molecule has 4 atom stereocenters. The van der Waals surface area contributed by atoms with E-state index in [-0.39, 0.29) is 17.9 Å². The fourth-order valence-corrected chi connectivity index (χ4v) is 4.99. The van der Waals surface area contributed by atoms with Gasteiger partial charge in [0, 0.05) is 32.2 Å². The molecule has 0 unspecified atom stereocenters. The number of fused-ring (bicyclic) bond motifs is 1. The number of nitrogens with zero attached hydrogens (tertiary/aromatic N) is 4. The standard InChI is InChI=1S/C23H26N4O3/c1-14-5-6-16(11-15(14)2)27-13-23-8-7-17(30-23)19(20(23)22(27)29)21(28)26(4)12-18-24-9-10-25(18)3/h5-11,17,19-20H,12-13H2,1-4H3/t17-,19-,20+,23-/m0/s1. The number of hydrogen-bond donors (Lipinski definition) is 0. The van der Waals surface area contributed by atoms with Crippen molar-refractivity contribution in [1.29, 1.82) is 0 Å². The van der Waals surface area contributed by atoms with Gasteiger partial charge in [-0.05, 0) is 37.1 Å². The van der Waals surface area contributed by atoms with E-state index in [1.807, 2.05) is 55.1 Å². The molecule has 1 spiro atoms. The van der Waals surface area contributed by atoms with E-state index < -0.39 is 17.4 Å². The topological polar surface area (TPSA) is 67.7 Å². The number of amides is 2. The van der Waals surface area contributed by atoms with Crippen LogP contribution in [-0.4, -0.2) is 51.6 Å². The fourth-order valence-electron chi connectivity index (χ4n) is 4.99. The second kappa shape index (κ2) is 6.54. The molecule has 2 amide bonds. The van der Waals surface area contributed by atoms with Crippen LogP contribution in [0, 0.1) is 25.7 Å². The van der Waals surface area contributed by atoms with Gasteiger partial charge in [-0.25, -0.2) is 4.98 Å². The Balaban J connectivity index is 1.43. The normalized spacial score (nSPS) is 29.0. The third kappa shape index (κ3) is 2.65. The minimum Gasteiger partial charge on any atom is -0.360 e. The molecule has 0 aliphatic carbocycles. The first kappa shape index (κ1) is 19.1. The van der Waals surface area contributed by atoms with Crippen molar-refractivity contribution in [2.24, 2.45) is 18.9 Å². The molecule has 0 saturated carbocycles. The molecule has 1 aromatic heterocycles. The number of benzene rings is 1. The first-order valence-corrected chi connectivity index (χ1v) is 10.3. The lowest BCUT2D eigenvalue weighted by molar-refractivity contribution is -0.139. The van der Waals surface area contributed by atoms with E-state index in [4.69, 9.17) is 4.74 Å². The Morgan fingerprint density at radius 1 is 1.33 bits per heavy atom. The van der Waals surface area contributed by atoms with Crippen molar-refractivity contribution in [3.05, 3.63) is 59.7 Å². The van der Waals surface area contributed by atoms with Crippen LogP contribution in [0.5, 0.6) is 0 Å². The average molecular weight is 406 g/mol. The maximum Gasteiger partial charge on any atom is 0.234 e. The predicted octanol–water partition coefficient (Wildman–Crippen LogP) is 1.98. The third-order valence-electron chi connectivity index (χ3n) is 6.86. The van der Waals surface area contributed by atoms with Crippen molar-refractivity contribution in [3.63, 3.8) is 0 Å². The highest BCUT2D eigenvalue weighted by molar-refractivity contribution is 6.03. The maximum atomic E-state index is 13.5. The molecule has 2 aromatic rings. The Labute approximate surface area is 175 Å². The first-order chi connectivity index (χ1) is 14.3. The van der Waals surface area contributed by atoms with Gasteiger partial charge in [0.15, 0.2) is 0 Å². The van der Waals surface area contributed by atoms with Gasteiger partial charge in [-0.1, -0.05) is 18.2 Å². The summed E-state index contributed by atoms with van der Waals surface area (Å²) in [5.74, 6) is -0.312. The van der Waals surface area contributed by atoms with E-state index in [9.17, 15) is 9.59 Å². The third-order valence-corrected chi connectivity index (χ3v) is 6.86. The molecule has 1 aromatic carbocycles. The van der Waals surface area contributed by atoms with Crippen LogP contribution >= 0.6 is 0 Å². The van der Waals surface area contributed by atoms with Gasteiger partial charge < -0.3 is 19.1 Å². The molecule has 3 aliphatic rings. The summed E-state index contributed by atoms with van der Waals surface area (Å²) in [5.41, 5.74) is 2.47. The molecule has 0 radical (unpaired) electrons. The molecule has 7 heteroatoms. The first-order valence-electron chi connectivity index (χ1n) is 10.3. The minimum atomic E-state index is -0.717. The fraction of sp³-hybridized carbons (Fsp3) is 0.435. The van der Waals surface area contributed by atoms with Gasteiger partial charge in [0.05, 0.1) is 31.0 Å². The van der Waals surface area contributed by atoms with Crippen LogP contribution in [0.2, 0.25) is 0 Å². The lowest BCUT2D eigenvalue weighted by atomic mass is 9.76. The summed E-state index contributed by atoms with van der Waals surface area (Å²) in [6.45, 7) is 4.93. The molecule has 2 bridgehead atoms. The Morgan fingerprint density at radius 2 is 2.13 bits per heavy atom. The molecule has 4 heterocycles. The predicted molar refractivity (Wildman–Crippen MR) is 112 cm³/mol. The van der Waals surface area contributed by atoms with Gasteiger partial charge in [-0.15, -0.1) is 0 Å². The Morgan fingerprint density at radius 3 is 2.83 bits per heavy atom. The number of ether oxygens (including phenoxy) is 1. The highest BCUT2D eigenvalue weighted by Crippen LogP contribution is 2.53. The van der Waals surface area contributed by atoms with Crippen LogP contribution in [0.15, 0.2) is 42.7 Å². The van der Waals surface area contributed by atoms with Gasteiger partial charge in [0.25, 0.3) is 0 Å². The molecule has 5 rings (SSSR count). The molecule has 7 nitrogen and oxygen atoms in total. The summed E-state index contributed by atoms with van der Waals surface area (Å²) >= 11 is 0.